The molecular formula is C9H15N3O3. The first-order valence-electron chi connectivity index (χ1n) is 4.64. The monoisotopic (exact) mass is 213 g/mol. The summed E-state index contributed by atoms with van der Waals surface area (Å²) in [4.78, 5) is 15.2. The fraction of sp³-hybridized carbons (Fsp3) is 0.667. The van der Waals surface area contributed by atoms with E-state index in [0.717, 1.165) is 0 Å². The van der Waals surface area contributed by atoms with Crippen LogP contribution in [0.3, 0.4) is 0 Å². The quantitative estimate of drug-likeness (QED) is 0.742. The van der Waals surface area contributed by atoms with Gasteiger partial charge < -0.3 is 14.9 Å². The smallest absolute Gasteiger partial charge is 0.292 e. The van der Waals surface area contributed by atoms with E-state index >= 15 is 0 Å². The van der Waals surface area contributed by atoms with Crippen molar-refractivity contribution in [2.45, 2.75) is 20.8 Å². The van der Waals surface area contributed by atoms with Crippen molar-refractivity contribution in [2.75, 3.05) is 13.2 Å². The van der Waals surface area contributed by atoms with E-state index < -0.39 is 5.91 Å². The van der Waals surface area contributed by atoms with Crippen molar-refractivity contribution < 1.29 is 14.4 Å². The number of rotatable bonds is 4. The second-order valence-electron chi connectivity index (χ2n) is 4.14. The van der Waals surface area contributed by atoms with E-state index in [1.54, 1.807) is 6.92 Å². The van der Waals surface area contributed by atoms with Crippen molar-refractivity contribution in [3.8, 4) is 0 Å². The van der Waals surface area contributed by atoms with Crippen molar-refractivity contribution in [1.82, 2.24) is 15.5 Å². The SMILES string of the molecule is Cc1nc(C(=O)NCC(C)(C)CO)no1. The Morgan fingerprint density at radius 2 is 2.27 bits per heavy atom. The zero-order valence-corrected chi connectivity index (χ0v) is 9.07. The third-order valence-electron chi connectivity index (χ3n) is 1.89. The van der Waals surface area contributed by atoms with Gasteiger partial charge in [0, 0.05) is 25.5 Å². The third kappa shape index (κ3) is 3.32. The van der Waals surface area contributed by atoms with Gasteiger partial charge >= 0.3 is 0 Å². The van der Waals surface area contributed by atoms with Gasteiger partial charge in [0.2, 0.25) is 5.89 Å². The van der Waals surface area contributed by atoms with Gasteiger partial charge in [-0.25, -0.2) is 0 Å². The van der Waals surface area contributed by atoms with Crippen LogP contribution in [0.4, 0.5) is 0 Å². The zero-order valence-electron chi connectivity index (χ0n) is 9.07. The minimum atomic E-state index is -0.395. The molecular weight excluding hydrogens is 198 g/mol. The van der Waals surface area contributed by atoms with Crippen LogP contribution in [-0.4, -0.2) is 34.3 Å². The van der Waals surface area contributed by atoms with Crippen LogP contribution >= 0.6 is 0 Å². The molecule has 0 aliphatic carbocycles. The van der Waals surface area contributed by atoms with Crippen molar-refractivity contribution in [3.63, 3.8) is 0 Å². The van der Waals surface area contributed by atoms with Crippen molar-refractivity contribution in [2.24, 2.45) is 5.41 Å². The van der Waals surface area contributed by atoms with Gasteiger partial charge in [-0.05, 0) is 0 Å². The van der Waals surface area contributed by atoms with Crippen molar-refractivity contribution in [1.29, 1.82) is 0 Å². The maximum absolute atomic E-state index is 11.4. The van der Waals surface area contributed by atoms with E-state index in [-0.39, 0.29) is 17.8 Å². The van der Waals surface area contributed by atoms with Crippen LogP contribution < -0.4 is 5.32 Å². The summed E-state index contributed by atoms with van der Waals surface area (Å²) in [7, 11) is 0. The zero-order chi connectivity index (χ0) is 11.5. The molecule has 0 spiro atoms. The van der Waals surface area contributed by atoms with Gasteiger partial charge in [0.15, 0.2) is 0 Å². The lowest BCUT2D eigenvalue weighted by atomic mass is 9.95. The fourth-order valence-corrected chi connectivity index (χ4v) is 0.846. The molecule has 1 rings (SSSR count). The van der Waals surface area contributed by atoms with Gasteiger partial charge in [-0.1, -0.05) is 19.0 Å². The summed E-state index contributed by atoms with van der Waals surface area (Å²) in [6.45, 7) is 5.65. The molecule has 0 fully saturated rings. The Kier molecular flexibility index (Phi) is 3.41. The number of carbonyl (C=O) groups excluding carboxylic acids is 1. The molecule has 0 radical (unpaired) electrons. The number of carbonyl (C=O) groups is 1. The summed E-state index contributed by atoms with van der Waals surface area (Å²) in [5, 5.41) is 15.1. The Morgan fingerprint density at radius 3 is 2.73 bits per heavy atom. The lowest BCUT2D eigenvalue weighted by molar-refractivity contribution is 0.0898. The molecule has 6 nitrogen and oxygen atoms in total. The summed E-state index contributed by atoms with van der Waals surface area (Å²) >= 11 is 0. The van der Waals surface area contributed by atoms with E-state index in [4.69, 9.17) is 5.11 Å². The number of aromatic nitrogens is 2. The molecule has 1 amide bonds. The highest BCUT2D eigenvalue weighted by atomic mass is 16.5. The van der Waals surface area contributed by atoms with Crippen LogP contribution in [0.25, 0.3) is 0 Å². The summed E-state index contributed by atoms with van der Waals surface area (Å²) in [5.74, 6) is -0.0313. The van der Waals surface area contributed by atoms with E-state index in [2.05, 4.69) is 20.0 Å². The second kappa shape index (κ2) is 4.39. The molecule has 0 bridgehead atoms. The first-order valence-corrected chi connectivity index (χ1v) is 4.64. The molecule has 0 saturated heterocycles. The van der Waals surface area contributed by atoms with E-state index in [0.29, 0.717) is 12.4 Å². The van der Waals surface area contributed by atoms with E-state index in [1.807, 2.05) is 13.8 Å². The number of amides is 1. The Hall–Kier alpha value is -1.43. The molecule has 84 valence electrons. The Labute approximate surface area is 87.7 Å². The van der Waals surface area contributed by atoms with Crippen LogP contribution in [-0.2, 0) is 0 Å². The Morgan fingerprint density at radius 1 is 1.60 bits per heavy atom. The largest absolute Gasteiger partial charge is 0.396 e. The average molecular weight is 213 g/mol. The topological polar surface area (TPSA) is 88.2 Å². The summed E-state index contributed by atoms with van der Waals surface area (Å²) in [5.41, 5.74) is -0.353. The highest BCUT2D eigenvalue weighted by molar-refractivity contribution is 5.90. The maximum atomic E-state index is 11.4. The lowest BCUT2D eigenvalue weighted by Gasteiger charge is -2.21. The molecule has 0 atom stereocenters. The molecule has 1 heterocycles. The Balaban J connectivity index is 2.50. The van der Waals surface area contributed by atoms with Gasteiger partial charge in [-0.15, -0.1) is 0 Å². The summed E-state index contributed by atoms with van der Waals surface area (Å²) in [6, 6.07) is 0. The van der Waals surface area contributed by atoms with Gasteiger partial charge in [0.1, 0.15) is 0 Å². The van der Waals surface area contributed by atoms with Crippen LogP contribution in [0, 0.1) is 12.3 Å². The number of hydrogen-bond donors (Lipinski definition) is 2. The molecule has 0 saturated carbocycles. The highest BCUT2D eigenvalue weighted by Gasteiger charge is 2.19. The van der Waals surface area contributed by atoms with E-state index in [1.165, 1.54) is 0 Å². The van der Waals surface area contributed by atoms with Crippen LogP contribution in [0.2, 0.25) is 0 Å². The van der Waals surface area contributed by atoms with Gasteiger partial charge in [0.05, 0.1) is 0 Å². The average Bonchev–Trinajstić information content (AvgIpc) is 2.61. The van der Waals surface area contributed by atoms with Crippen molar-refractivity contribution in [3.05, 3.63) is 11.7 Å². The number of nitrogens with one attached hydrogen (secondary N) is 1. The summed E-state index contributed by atoms with van der Waals surface area (Å²) in [6.07, 6.45) is 0. The lowest BCUT2D eigenvalue weighted by Crippen LogP contribution is -2.36. The molecule has 15 heavy (non-hydrogen) atoms. The maximum Gasteiger partial charge on any atom is 0.292 e. The molecule has 0 aromatic carbocycles. The van der Waals surface area contributed by atoms with Crippen LogP contribution in [0.1, 0.15) is 30.4 Å². The van der Waals surface area contributed by atoms with Gasteiger partial charge in [-0.3, -0.25) is 4.79 Å². The first-order chi connectivity index (χ1) is 6.94. The molecule has 1 aromatic rings. The van der Waals surface area contributed by atoms with E-state index in [9.17, 15) is 4.79 Å². The molecule has 0 aliphatic rings. The normalized spacial score (nSPS) is 11.5. The number of aliphatic hydroxyl groups excluding tert-OH is 1. The minimum Gasteiger partial charge on any atom is -0.396 e. The van der Waals surface area contributed by atoms with Crippen LogP contribution in [0.5, 0.6) is 0 Å². The highest BCUT2D eigenvalue weighted by Crippen LogP contribution is 2.11. The standard InChI is InChI=1S/C9H15N3O3/c1-6-11-7(12-15-6)8(14)10-4-9(2,3)5-13/h13H,4-5H2,1-3H3,(H,10,14). The van der Waals surface area contributed by atoms with Gasteiger partial charge in [-0.2, -0.15) is 4.98 Å². The molecule has 0 unspecified atom stereocenters. The Bertz CT molecular complexity index is 346. The molecule has 0 aliphatic heterocycles. The molecule has 1 aromatic heterocycles. The number of aliphatic hydroxyl groups is 1. The van der Waals surface area contributed by atoms with Crippen molar-refractivity contribution >= 4 is 5.91 Å². The fourth-order valence-electron chi connectivity index (χ4n) is 0.846. The third-order valence-corrected chi connectivity index (χ3v) is 1.89. The second-order valence-corrected chi connectivity index (χ2v) is 4.14. The molecule has 6 heteroatoms. The predicted molar refractivity (Wildman–Crippen MR) is 52.2 cm³/mol. The first kappa shape index (κ1) is 11.6. The van der Waals surface area contributed by atoms with Gasteiger partial charge in [0.25, 0.3) is 11.7 Å². The predicted octanol–water partition coefficient (Wildman–Crippen LogP) is 0.126. The van der Waals surface area contributed by atoms with Crippen LogP contribution in [0.15, 0.2) is 4.52 Å². The number of aryl methyl sites for hydroxylation is 1. The molecule has 2 N–H and O–H groups in total. The summed E-state index contributed by atoms with van der Waals surface area (Å²) < 4.78 is 4.67. The number of nitrogens with zero attached hydrogens (tertiary/aromatic N) is 2. The number of hydrogen-bond acceptors (Lipinski definition) is 5. The minimum absolute atomic E-state index is 0.00144.